The molecule has 0 unspecified atom stereocenters. The van der Waals surface area contributed by atoms with Gasteiger partial charge in [0.15, 0.2) is 0 Å². The fourth-order valence-corrected chi connectivity index (χ4v) is 11.1. The molecule has 4 heteroatoms. The lowest BCUT2D eigenvalue weighted by molar-refractivity contribution is 0.660. The van der Waals surface area contributed by atoms with Crippen LogP contribution in [0.3, 0.4) is 0 Å². The van der Waals surface area contributed by atoms with Crippen LogP contribution in [-0.4, -0.2) is 4.57 Å². The average molecular weight is 941 g/mol. The molecule has 1 heterocycles. The molecule has 1 aromatic heterocycles. The zero-order valence-electron chi connectivity index (χ0n) is 38.1. The molecule has 0 bridgehead atoms. The molecule has 0 radical (unpaired) electrons. The lowest BCUT2D eigenvalue weighted by Gasteiger charge is -2.33. The number of hydrogen-bond acceptors (Lipinski definition) is 2. The number of benzene rings is 10. The van der Waals surface area contributed by atoms with Gasteiger partial charge in [-0.3, -0.25) is 0 Å². The van der Waals surface area contributed by atoms with Crippen LogP contribution in [0.2, 0.25) is 0 Å². The Labute approximate surface area is 407 Å². The summed E-state index contributed by atoms with van der Waals surface area (Å²) in [6.45, 7) is 4.52. The maximum absolute atomic E-state index is 6.24. The van der Waals surface area contributed by atoms with Gasteiger partial charge in [-0.1, -0.05) is 212 Å². The van der Waals surface area contributed by atoms with E-state index in [1.54, 1.807) is 0 Å². The van der Waals surface area contributed by atoms with Crippen LogP contribution in [0.15, 0.2) is 247 Å². The third kappa shape index (κ3) is 7.20. The Balaban J connectivity index is 0.000000115. The Morgan fingerprint density at radius 3 is 1.49 bits per heavy atom. The molecule has 13 rings (SSSR count). The number of nitrogen functional groups attached to an aromatic ring is 2. The first-order chi connectivity index (χ1) is 33.2. The second-order valence-electron chi connectivity index (χ2n) is 18.2. The summed E-state index contributed by atoms with van der Waals surface area (Å²) < 4.78 is 3.45. The first-order valence-corrected chi connectivity index (χ1v) is 24.0. The van der Waals surface area contributed by atoms with Gasteiger partial charge < -0.3 is 16.0 Å². The summed E-state index contributed by atoms with van der Waals surface area (Å²) in [7, 11) is 0. The van der Waals surface area contributed by atoms with E-state index in [0.717, 1.165) is 15.8 Å². The molecular weight excluding hydrogens is 891 g/mol. The van der Waals surface area contributed by atoms with Crippen molar-refractivity contribution in [2.45, 2.75) is 24.7 Å². The van der Waals surface area contributed by atoms with Crippen molar-refractivity contribution in [2.24, 2.45) is 0 Å². The largest absolute Gasteiger partial charge is 0.399 e. The summed E-state index contributed by atoms with van der Waals surface area (Å²) in [6, 6.07) is 85.8. The van der Waals surface area contributed by atoms with Crippen LogP contribution < -0.4 is 11.5 Å². The highest BCUT2D eigenvalue weighted by molar-refractivity contribution is 9.10. The van der Waals surface area contributed by atoms with E-state index in [1.165, 1.54) is 94.3 Å². The summed E-state index contributed by atoms with van der Waals surface area (Å²) >= 11 is 3.52. The van der Waals surface area contributed by atoms with E-state index in [1.807, 2.05) is 12.1 Å². The lowest BCUT2D eigenvalue weighted by Crippen LogP contribution is -2.28. The topological polar surface area (TPSA) is 57.0 Å². The predicted octanol–water partition coefficient (Wildman–Crippen LogP) is 16.4. The Morgan fingerprint density at radius 2 is 0.838 bits per heavy atom. The molecule has 0 fully saturated rings. The third-order valence-corrected chi connectivity index (χ3v) is 14.5. The van der Waals surface area contributed by atoms with Crippen LogP contribution in [0, 0.1) is 0 Å². The normalized spacial score (nSPS) is 13.3. The fourth-order valence-electron chi connectivity index (χ4n) is 10.8. The molecule has 2 aliphatic carbocycles. The molecule has 3 nitrogen and oxygen atoms in total. The molecule has 0 spiro atoms. The first kappa shape index (κ1) is 42.7. The van der Waals surface area contributed by atoms with Crippen LogP contribution in [0.1, 0.15) is 47.2 Å². The predicted molar refractivity (Wildman–Crippen MR) is 290 cm³/mol. The minimum absolute atomic E-state index is 0.0707. The molecule has 328 valence electrons. The Morgan fingerprint density at radius 1 is 0.368 bits per heavy atom. The van der Waals surface area contributed by atoms with E-state index in [0.29, 0.717) is 0 Å². The molecule has 10 aromatic carbocycles. The Hall–Kier alpha value is -7.92. The molecule has 0 saturated carbocycles. The molecule has 0 aliphatic heterocycles. The zero-order chi connectivity index (χ0) is 46.4. The van der Waals surface area contributed by atoms with Crippen LogP contribution in [0.5, 0.6) is 0 Å². The van der Waals surface area contributed by atoms with E-state index < -0.39 is 0 Å². The van der Waals surface area contributed by atoms with Crippen LogP contribution in [0.4, 0.5) is 11.4 Å². The number of nitrogens with two attached hydrogens (primary N) is 2. The molecule has 0 saturated heterocycles. The second kappa shape index (κ2) is 17.4. The number of halogens is 1. The van der Waals surface area contributed by atoms with Gasteiger partial charge in [-0.2, -0.15) is 0 Å². The summed E-state index contributed by atoms with van der Waals surface area (Å²) in [5, 5.41) is 2.57. The van der Waals surface area contributed by atoms with Crippen LogP contribution >= 0.6 is 15.9 Å². The number of nitrogens with zero attached hydrogens (tertiary/aromatic N) is 1. The van der Waals surface area contributed by atoms with Crippen LogP contribution in [-0.2, 0) is 10.8 Å². The van der Waals surface area contributed by atoms with E-state index in [2.05, 4.69) is 265 Å². The Bertz CT molecular complexity index is 3570. The maximum atomic E-state index is 6.24. The number of para-hydroxylation sites is 2. The zero-order valence-corrected chi connectivity index (χ0v) is 39.7. The van der Waals surface area contributed by atoms with Crippen molar-refractivity contribution in [3.8, 4) is 39.1 Å². The van der Waals surface area contributed by atoms with Gasteiger partial charge in [-0.05, 0) is 127 Å². The molecule has 2 aliphatic rings. The van der Waals surface area contributed by atoms with E-state index in [4.69, 9.17) is 11.5 Å². The third-order valence-electron chi connectivity index (χ3n) is 14.0. The average Bonchev–Trinajstić information content (AvgIpc) is 3.95. The number of anilines is 2. The molecular formula is C64H50BrN3. The standard InChI is InChI=1S/C25H19N.C24H16BrN.C15H15N/c26-20-15-16-22-21-13-7-8-14-23(21)25(24(22)17-20,18-9-3-1-4-10-18)19-11-5-2-6-12-19;25-19-13-10-17(11-14-19)18-12-15-22-21-8-4-5-9-23(21)26(24(22)16-18)20-6-2-1-3-7-20;1-15(2)13-6-4-3-5-11(13)12-8-7-10(16)9-14(12)15/h1-17H,26H2;1-16H;3-9H,16H2,1-2H3. The highest BCUT2D eigenvalue weighted by Gasteiger charge is 2.46. The van der Waals surface area contributed by atoms with Gasteiger partial charge in [0.25, 0.3) is 0 Å². The number of hydrogen-bond donors (Lipinski definition) is 2. The van der Waals surface area contributed by atoms with E-state index >= 15 is 0 Å². The summed E-state index contributed by atoms with van der Waals surface area (Å²) in [5.74, 6) is 0. The van der Waals surface area contributed by atoms with Crippen molar-refractivity contribution in [1.82, 2.24) is 4.57 Å². The van der Waals surface area contributed by atoms with E-state index in [9.17, 15) is 0 Å². The van der Waals surface area contributed by atoms with Gasteiger partial charge in [-0.15, -0.1) is 0 Å². The second-order valence-corrected chi connectivity index (χ2v) is 19.2. The van der Waals surface area contributed by atoms with Crippen molar-refractivity contribution in [1.29, 1.82) is 0 Å². The first-order valence-electron chi connectivity index (χ1n) is 23.2. The Kier molecular flexibility index (Phi) is 10.9. The molecule has 4 N–H and O–H groups in total. The van der Waals surface area contributed by atoms with Crippen molar-refractivity contribution in [3.05, 3.63) is 281 Å². The molecule has 68 heavy (non-hydrogen) atoms. The molecule has 11 aromatic rings. The van der Waals surface area contributed by atoms with Gasteiger partial charge in [0, 0.05) is 37.7 Å². The highest BCUT2D eigenvalue weighted by Crippen LogP contribution is 2.56. The van der Waals surface area contributed by atoms with Crippen molar-refractivity contribution in [3.63, 3.8) is 0 Å². The van der Waals surface area contributed by atoms with Gasteiger partial charge in [0.1, 0.15) is 0 Å². The highest BCUT2D eigenvalue weighted by atomic mass is 79.9. The number of aromatic nitrogens is 1. The van der Waals surface area contributed by atoms with Gasteiger partial charge >= 0.3 is 0 Å². The summed E-state index contributed by atoms with van der Waals surface area (Å²) in [5.41, 5.74) is 32.7. The lowest BCUT2D eigenvalue weighted by atomic mass is 9.67. The monoisotopic (exact) mass is 939 g/mol. The van der Waals surface area contributed by atoms with Crippen molar-refractivity contribution in [2.75, 3.05) is 11.5 Å². The minimum Gasteiger partial charge on any atom is -0.399 e. The maximum Gasteiger partial charge on any atom is 0.0714 e. The number of rotatable bonds is 4. The summed E-state index contributed by atoms with van der Waals surface area (Å²) in [6.07, 6.45) is 0. The van der Waals surface area contributed by atoms with Crippen LogP contribution in [0.25, 0.3) is 60.9 Å². The smallest absolute Gasteiger partial charge is 0.0714 e. The van der Waals surface area contributed by atoms with Gasteiger partial charge in [-0.25, -0.2) is 0 Å². The quantitative estimate of drug-likeness (QED) is 0.173. The molecule has 0 atom stereocenters. The van der Waals surface area contributed by atoms with E-state index in [-0.39, 0.29) is 10.8 Å². The summed E-state index contributed by atoms with van der Waals surface area (Å²) in [4.78, 5) is 0. The van der Waals surface area contributed by atoms with Gasteiger partial charge in [0.2, 0.25) is 0 Å². The molecule has 0 amide bonds. The van der Waals surface area contributed by atoms with Crippen molar-refractivity contribution >= 4 is 49.1 Å². The fraction of sp³-hybridized carbons (Fsp3) is 0.0625. The number of fused-ring (bicyclic) bond motifs is 9. The van der Waals surface area contributed by atoms with Crippen molar-refractivity contribution < 1.29 is 0 Å². The minimum atomic E-state index is -0.343. The SMILES string of the molecule is Brc1ccc(-c2ccc3c4ccccc4n(-c4ccccc4)c3c2)cc1.CC1(C)c2ccccc2-c2ccc(N)cc21.Nc1ccc2c(c1)C(c1ccccc1)(c1ccccc1)c1ccccc1-2. The van der Waals surface area contributed by atoms with Gasteiger partial charge in [0.05, 0.1) is 16.4 Å².